The molecule has 0 atom stereocenters. The highest BCUT2D eigenvalue weighted by Gasteiger charge is 2.05. The normalized spacial score (nSPS) is 10.7. The van der Waals surface area contributed by atoms with Crippen molar-refractivity contribution in [2.24, 2.45) is 0 Å². The fourth-order valence-electron chi connectivity index (χ4n) is 1.87. The van der Waals surface area contributed by atoms with Gasteiger partial charge >= 0.3 is 0 Å². The second-order valence-electron chi connectivity index (χ2n) is 4.32. The van der Waals surface area contributed by atoms with Gasteiger partial charge in [-0.1, -0.05) is 18.2 Å². The number of rotatable bonds is 5. The van der Waals surface area contributed by atoms with Crippen LogP contribution >= 0.6 is 22.7 Å². The maximum Gasteiger partial charge on any atom is 0.133 e. The van der Waals surface area contributed by atoms with Gasteiger partial charge in [-0.05, 0) is 29.1 Å². The van der Waals surface area contributed by atoms with E-state index in [0.717, 1.165) is 22.8 Å². The highest BCUT2D eigenvalue weighted by atomic mass is 32.1. The van der Waals surface area contributed by atoms with Crippen LogP contribution in [0.3, 0.4) is 0 Å². The molecule has 0 aliphatic rings. The molecule has 0 aliphatic heterocycles. The SMILES string of the molecule is OCc1cccc(NCc2cnc(-c3cccs3)s2)c1. The van der Waals surface area contributed by atoms with Gasteiger partial charge < -0.3 is 10.4 Å². The van der Waals surface area contributed by atoms with Gasteiger partial charge in [-0.2, -0.15) is 0 Å². The van der Waals surface area contributed by atoms with Crippen LogP contribution in [-0.4, -0.2) is 10.1 Å². The molecule has 3 nitrogen and oxygen atoms in total. The Kier molecular flexibility index (Phi) is 4.11. The molecule has 0 spiro atoms. The lowest BCUT2D eigenvalue weighted by Gasteiger charge is -2.05. The van der Waals surface area contributed by atoms with Crippen LogP contribution in [-0.2, 0) is 13.2 Å². The van der Waals surface area contributed by atoms with E-state index in [1.807, 2.05) is 36.5 Å². The lowest BCUT2D eigenvalue weighted by molar-refractivity contribution is 0.282. The highest BCUT2D eigenvalue weighted by Crippen LogP contribution is 2.29. The van der Waals surface area contributed by atoms with Crippen molar-refractivity contribution in [3.63, 3.8) is 0 Å². The van der Waals surface area contributed by atoms with E-state index in [0.29, 0.717) is 0 Å². The van der Waals surface area contributed by atoms with E-state index < -0.39 is 0 Å². The maximum atomic E-state index is 9.12. The van der Waals surface area contributed by atoms with Gasteiger partial charge in [0.1, 0.15) is 5.01 Å². The molecule has 2 heterocycles. The topological polar surface area (TPSA) is 45.1 Å². The molecular weight excluding hydrogens is 288 g/mol. The molecule has 3 aromatic rings. The van der Waals surface area contributed by atoms with Crippen LogP contribution in [0.4, 0.5) is 5.69 Å². The molecule has 0 radical (unpaired) electrons. The molecule has 2 aromatic heterocycles. The van der Waals surface area contributed by atoms with Crippen LogP contribution in [0.25, 0.3) is 9.88 Å². The Morgan fingerprint density at radius 2 is 2.15 bits per heavy atom. The first-order valence-electron chi connectivity index (χ1n) is 6.27. The second-order valence-corrected chi connectivity index (χ2v) is 6.38. The molecule has 5 heteroatoms. The van der Waals surface area contributed by atoms with Crippen LogP contribution in [0.5, 0.6) is 0 Å². The smallest absolute Gasteiger partial charge is 0.133 e. The first-order valence-corrected chi connectivity index (χ1v) is 7.97. The van der Waals surface area contributed by atoms with Crippen molar-refractivity contribution in [1.29, 1.82) is 0 Å². The first-order chi connectivity index (χ1) is 9.85. The molecule has 0 saturated heterocycles. The average molecular weight is 302 g/mol. The summed E-state index contributed by atoms with van der Waals surface area (Å²) >= 11 is 3.42. The number of aliphatic hydroxyl groups excluding tert-OH is 1. The van der Waals surface area contributed by atoms with Crippen LogP contribution in [0, 0.1) is 0 Å². The quantitative estimate of drug-likeness (QED) is 0.749. The zero-order chi connectivity index (χ0) is 13.8. The minimum Gasteiger partial charge on any atom is -0.392 e. The number of nitrogens with zero attached hydrogens (tertiary/aromatic N) is 1. The Balaban J connectivity index is 1.66. The summed E-state index contributed by atoms with van der Waals surface area (Å²) < 4.78 is 0. The first kappa shape index (κ1) is 13.3. The van der Waals surface area contributed by atoms with E-state index in [2.05, 4.69) is 21.7 Å². The van der Waals surface area contributed by atoms with Gasteiger partial charge in [-0.15, -0.1) is 22.7 Å². The number of thiazole rings is 1. The predicted octanol–water partition coefficient (Wildman–Crippen LogP) is 3.98. The third kappa shape index (κ3) is 3.07. The van der Waals surface area contributed by atoms with Crippen molar-refractivity contribution >= 4 is 28.4 Å². The van der Waals surface area contributed by atoms with Crippen LogP contribution < -0.4 is 5.32 Å². The van der Waals surface area contributed by atoms with Crippen LogP contribution in [0.2, 0.25) is 0 Å². The largest absolute Gasteiger partial charge is 0.392 e. The third-order valence-corrected chi connectivity index (χ3v) is 4.90. The fraction of sp³-hybridized carbons (Fsp3) is 0.133. The zero-order valence-electron chi connectivity index (χ0n) is 10.7. The van der Waals surface area contributed by atoms with Gasteiger partial charge in [0, 0.05) is 16.8 Å². The number of aliphatic hydroxyl groups is 1. The molecule has 1 aromatic carbocycles. The van der Waals surface area contributed by atoms with Crippen molar-refractivity contribution in [3.05, 3.63) is 58.4 Å². The molecule has 0 fully saturated rings. The van der Waals surface area contributed by atoms with Crippen molar-refractivity contribution in [2.75, 3.05) is 5.32 Å². The van der Waals surface area contributed by atoms with Gasteiger partial charge in [0.15, 0.2) is 0 Å². The van der Waals surface area contributed by atoms with Gasteiger partial charge in [0.2, 0.25) is 0 Å². The van der Waals surface area contributed by atoms with Crippen molar-refractivity contribution in [3.8, 4) is 9.88 Å². The van der Waals surface area contributed by atoms with Gasteiger partial charge in [-0.3, -0.25) is 0 Å². The number of benzene rings is 1. The standard InChI is InChI=1S/C15H14N2OS2/c18-10-11-3-1-4-12(7-11)16-8-13-9-17-15(20-13)14-5-2-6-19-14/h1-7,9,16,18H,8,10H2. The Hall–Kier alpha value is -1.69. The molecule has 0 bridgehead atoms. The summed E-state index contributed by atoms with van der Waals surface area (Å²) in [5.41, 5.74) is 1.93. The van der Waals surface area contributed by atoms with E-state index in [9.17, 15) is 0 Å². The van der Waals surface area contributed by atoms with Crippen molar-refractivity contribution in [2.45, 2.75) is 13.2 Å². The summed E-state index contributed by atoms with van der Waals surface area (Å²) in [5.74, 6) is 0. The number of nitrogens with one attached hydrogen (secondary N) is 1. The molecule has 3 rings (SSSR count). The fourth-order valence-corrected chi connectivity index (χ4v) is 3.53. The maximum absolute atomic E-state index is 9.12. The van der Waals surface area contributed by atoms with Gasteiger partial charge in [-0.25, -0.2) is 4.98 Å². The Morgan fingerprint density at radius 3 is 2.95 bits per heavy atom. The zero-order valence-corrected chi connectivity index (χ0v) is 12.4. The molecule has 0 amide bonds. The summed E-state index contributed by atoms with van der Waals surface area (Å²) in [6, 6.07) is 11.9. The summed E-state index contributed by atoms with van der Waals surface area (Å²) in [6.45, 7) is 0.816. The molecular formula is C15H14N2OS2. The molecule has 102 valence electrons. The van der Waals surface area contributed by atoms with E-state index in [1.165, 1.54) is 9.75 Å². The summed E-state index contributed by atoms with van der Waals surface area (Å²) in [4.78, 5) is 6.86. The molecule has 0 saturated carbocycles. The van der Waals surface area contributed by atoms with Crippen molar-refractivity contribution in [1.82, 2.24) is 4.98 Å². The monoisotopic (exact) mass is 302 g/mol. The number of anilines is 1. The Labute approximate surface area is 125 Å². The van der Waals surface area contributed by atoms with E-state index >= 15 is 0 Å². The molecule has 0 unspecified atom stereocenters. The second kappa shape index (κ2) is 6.17. The lowest BCUT2D eigenvalue weighted by Crippen LogP contribution is -1.97. The predicted molar refractivity (Wildman–Crippen MR) is 85.1 cm³/mol. The van der Waals surface area contributed by atoms with E-state index in [1.54, 1.807) is 22.7 Å². The number of hydrogen-bond donors (Lipinski definition) is 2. The molecule has 20 heavy (non-hydrogen) atoms. The Bertz CT molecular complexity index is 677. The van der Waals surface area contributed by atoms with E-state index in [4.69, 9.17) is 5.11 Å². The van der Waals surface area contributed by atoms with E-state index in [-0.39, 0.29) is 6.61 Å². The third-order valence-electron chi connectivity index (χ3n) is 2.86. The van der Waals surface area contributed by atoms with Crippen molar-refractivity contribution < 1.29 is 5.11 Å². The summed E-state index contributed by atoms with van der Waals surface area (Å²) in [7, 11) is 0. The minimum absolute atomic E-state index is 0.0681. The minimum atomic E-state index is 0.0681. The molecule has 0 aliphatic carbocycles. The van der Waals surface area contributed by atoms with Gasteiger partial charge in [0.25, 0.3) is 0 Å². The summed E-state index contributed by atoms with van der Waals surface area (Å²) in [6.07, 6.45) is 1.92. The van der Waals surface area contributed by atoms with Crippen LogP contribution in [0.15, 0.2) is 48.0 Å². The lowest BCUT2D eigenvalue weighted by atomic mass is 10.2. The number of hydrogen-bond acceptors (Lipinski definition) is 5. The Morgan fingerprint density at radius 1 is 1.20 bits per heavy atom. The number of thiophene rings is 1. The summed E-state index contributed by atoms with van der Waals surface area (Å²) in [5, 5.41) is 15.6. The highest BCUT2D eigenvalue weighted by molar-refractivity contribution is 7.20. The molecule has 2 N–H and O–H groups in total. The van der Waals surface area contributed by atoms with Gasteiger partial charge in [0.05, 0.1) is 18.0 Å². The average Bonchev–Trinajstić information content (AvgIpc) is 3.16. The van der Waals surface area contributed by atoms with Crippen LogP contribution in [0.1, 0.15) is 10.4 Å². The number of aromatic nitrogens is 1.